The van der Waals surface area contributed by atoms with Crippen LogP contribution in [0.15, 0.2) is 51.8 Å². The van der Waals surface area contributed by atoms with E-state index >= 15 is 0 Å². The smallest absolute Gasteiger partial charge is 0.122 e. The summed E-state index contributed by atoms with van der Waals surface area (Å²) in [6.07, 6.45) is 0. The Balaban J connectivity index is 2.07. The van der Waals surface area contributed by atoms with Crippen LogP contribution < -0.4 is 5.73 Å². The first kappa shape index (κ1) is 14.4. The predicted octanol–water partition coefficient (Wildman–Crippen LogP) is 4.68. The van der Waals surface area contributed by atoms with E-state index in [1.54, 1.807) is 17.8 Å². The number of hydrogen-bond acceptors (Lipinski definition) is 2. The molecule has 2 rings (SSSR count). The Labute approximate surface area is 130 Å². The summed E-state index contributed by atoms with van der Waals surface area (Å²) >= 11 is 11.3. The third-order valence-corrected chi connectivity index (χ3v) is 4.51. The van der Waals surface area contributed by atoms with Crippen molar-refractivity contribution >= 4 is 45.1 Å². The Morgan fingerprint density at radius 1 is 1.21 bits per heavy atom. The van der Waals surface area contributed by atoms with Crippen LogP contribution >= 0.6 is 39.3 Å². The van der Waals surface area contributed by atoms with Crippen LogP contribution in [0.1, 0.15) is 11.1 Å². The Kier molecular flexibility index (Phi) is 4.91. The second-order valence-corrected chi connectivity index (χ2v) is 6.33. The molecule has 19 heavy (non-hydrogen) atoms. The van der Waals surface area contributed by atoms with Gasteiger partial charge in [-0.2, -0.15) is 0 Å². The van der Waals surface area contributed by atoms with E-state index in [-0.39, 0.29) is 5.84 Å². The van der Waals surface area contributed by atoms with E-state index in [9.17, 15) is 0 Å². The summed E-state index contributed by atoms with van der Waals surface area (Å²) in [7, 11) is 0. The SMILES string of the molecule is N=C(N)c1ccc(CSc2ccc(Br)cc2)c(Cl)c1. The molecule has 0 saturated heterocycles. The highest BCUT2D eigenvalue weighted by molar-refractivity contribution is 9.10. The molecule has 0 spiro atoms. The number of halogens is 2. The molecule has 0 aliphatic heterocycles. The molecule has 0 aliphatic carbocycles. The molecular formula is C14H12BrClN2S. The molecule has 0 atom stereocenters. The van der Waals surface area contributed by atoms with E-state index in [1.807, 2.05) is 24.3 Å². The molecule has 0 heterocycles. The fourth-order valence-corrected chi connectivity index (χ4v) is 3.02. The zero-order chi connectivity index (χ0) is 13.8. The zero-order valence-corrected chi connectivity index (χ0v) is 13.1. The Hall–Kier alpha value is -0.970. The topological polar surface area (TPSA) is 49.9 Å². The van der Waals surface area contributed by atoms with Crippen molar-refractivity contribution in [3.05, 3.63) is 63.1 Å². The molecule has 0 aromatic heterocycles. The molecule has 0 unspecified atom stereocenters. The van der Waals surface area contributed by atoms with E-state index in [4.69, 9.17) is 22.7 Å². The van der Waals surface area contributed by atoms with Crippen molar-refractivity contribution in [2.24, 2.45) is 5.73 Å². The van der Waals surface area contributed by atoms with Gasteiger partial charge in [0, 0.05) is 25.7 Å². The molecule has 3 N–H and O–H groups in total. The number of nitrogens with one attached hydrogen (secondary N) is 1. The molecule has 2 nitrogen and oxygen atoms in total. The maximum atomic E-state index is 7.37. The van der Waals surface area contributed by atoms with Gasteiger partial charge >= 0.3 is 0 Å². The highest BCUT2D eigenvalue weighted by atomic mass is 79.9. The third-order valence-electron chi connectivity index (χ3n) is 2.57. The molecule has 0 fully saturated rings. The van der Waals surface area contributed by atoms with Crippen molar-refractivity contribution in [2.75, 3.05) is 0 Å². The van der Waals surface area contributed by atoms with Gasteiger partial charge in [-0.25, -0.2) is 0 Å². The summed E-state index contributed by atoms with van der Waals surface area (Å²) in [5, 5.41) is 8.02. The minimum absolute atomic E-state index is 0.0361. The van der Waals surface area contributed by atoms with Gasteiger partial charge in [-0.15, -0.1) is 11.8 Å². The largest absolute Gasteiger partial charge is 0.384 e. The van der Waals surface area contributed by atoms with Crippen LogP contribution in [0.5, 0.6) is 0 Å². The number of amidine groups is 1. The third kappa shape index (κ3) is 4.00. The average molecular weight is 356 g/mol. The van der Waals surface area contributed by atoms with Crippen LogP contribution in [0.3, 0.4) is 0 Å². The molecule has 0 saturated carbocycles. The standard InChI is InChI=1S/C14H12BrClN2S/c15-11-3-5-12(6-4-11)19-8-10-2-1-9(14(17)18)7-13(10)16/h1-7H,8H2,(H3,17,18). The average Bonchev–Trinajstić information content (AvgIpc) is 2.39. The van der Waals surface area contributed by atoms with Gasteiger partial charge in [-0.3, -0.25) is 5.41 Å². The van der Waals surface area contributed by atoms with Crippen LogP contribution in [0.2, 0.25) is 5.02 Å². The Morgan fingerprint density at radius 3 is 2.47 bits per heavy atom. The molecule has 98 valence electrons. The summed E-state index contributed by atoms with van der Waals surface area (Å²) in [6, 6.07) is 13.6. The lowest BCUT2D eigenvalue weighted by atomic mass is 10.1. The van der Waals surface area contributed by atoms with Gasteiger partial charge in [0.1, 0.15) is 5.84 Å². The molecule has 2 aromatic rings. The Morgan fingerprint density at radius 2 is 1.89 bits per heavy atom. The first-order chi connectivity index (χ1) is 9.06. The van der Waals surface area contributed by atoms with Crippen LogP contribution in [0, 0.1) is 5.41 Å². The van der Waals surface area contributed by atoms with Crippen molar-refractivity contribution in [1.29, 1.82) is 5.41 Å². The molecule has 0 amide bonds. The van der Waals surface area contributed by atoms with Gasteiger partial charge in [-0.1, -0.05) is 39.7 Å². The first-order valence-corrected chi connectivity index (χ1v) is 7.73. The lowest BCUT2D eigenvalue weighted by Gasteiger charge is -2.06. The van der Waals surface area contributed by atoms with E-state index in [1.165, 1.54) is 4.90 Å². The molecule has 0 radical (unpaired) electrons. The minimum Gasteiger partial charge on any atom is -0.384 e. The summed E-state index contributed by atoms with van der Waals surface area (Å²) in [5.74, 6) is 0.826. The van der Waals surface area contributed by atoms with Crippen molar-refractivity contribution in [1.82, 2.24) is 0 Å². The van der Waals surface area contributed by atoms with Gasteiger partial charge in [0.2, 0.25) is 0 Å². The van der Waals surface area contributed by atoms with Crippen LogP contribution in [-0.4, -0.2) is 5.84 Å². The number of rotatable bonds is 4. The quantitative estimate of drug-likeness (QED) is 0.475. The number of hydrogen-bond donors (Lipinski definition) is 2. The van der Waals surface area contributed by atoms with Crippen molar-refractivity contribution in [2.45, 2.75) is 10.6 Å². The highest BCUT2D eigenvalue weighted by Gasteiger charge is 2.04. The van der Waals surface area contributed by atoms with Gasteiger partial charge in [0.25, 0.3) is 0 Å². The van der Waals surface area contributed by atoms with Crippen molar-refractivity contribution in [3.8, 4) is 0 Å². The van der Waals surface area contributed by atoms with E-state index < -0.39 is 0 Å². The van der Waals surface area contributed by atoms with Gasteiger partial charge < -0.3 is 5.73 Å². The summed E-state index contributed by atoms with van der Waals surface area (Å²) in [4.78, 5) is 1.19. The van der Waals surface area contributed by atoms with Crippen LogP contribution in [0.25, 0.3) is 0 Å². The van der Waals surface area contributed by atoms with E-state index in [2.05, 4.69) is 28.1 Å². The van der Waals surface area contributed by atoms with E-state index in [0.717, 1.165) is 15.8 Å². The number of benzene rings is 2. The number of nitrogen functional groups attached to an aromatic ring is 1. The molecule has 5 heteroatoms. The van der Waals surface area contributed by atoms with Gasteiger partial charge in [-0.05, 0) is 35.9 Å². The summed E-state index contributed by atoms with van der Waals surface area (Å²) in [6.45, 7) is 0. The molecule has 2 aromatic carbocycles. The second-order valence-electron chi connectivity index (χ2n) is 3.96. The van der Waals surface area contributed by atoms with Crippen molar-refractivity contribution < 1.29 is 0 Å². The van der Waals surface area contributed by atoms with Crippen LogP contribution in [0.4, 0.5) is 0 Å². The summed E-state index contributed by atoms with van der Waals surface area (Å²) < 4.78 is 1.07. The predicted molar refractivity (Wildman–Crippen MR) is 86.2 cm³/mol. The van der Waals surface area contributed by atoms with Gasteiger partial charge in [0.15, 0.2) is 0 Å². The maximum absolute atomic E-state index is 7.37. The maximum Gasteiger partial charge on any atom is 0.122 e. The van der Waals surface area contributed by atoms with E-state index in [0.29, 0.717) is 10.6 Å². The minimum atomic E-state index is 0.0361. The van der Waals surface area contributed by atoms with Gasteiger partial charge in [0.05, 0.1) is 0 Å². The van der Waals surface area contributed by atoms with Crippen LogP contribution in [-0.2, 0) is 5.75 Å². The number of thioether (sulfide) groups is 1. The number of nitrogens with two attached hydrogens (primary N) is 1. The lowest BCUT2D eigenvalue weighted by Crippen LogP contribution is -2.10. The molecular weight excluding hydrogens is 344 g/mol. The zero-order valence-electron chi connectivity index (χ0n) is 9.99. The monoisotopic (exact) mass is 354 g/mol. The molecule has 0 bridgehead atoms. The molecule has 0 aliphatic rings. The van der Waals surface area contributed by atoms with Crippen molar-refractivity contribution in [3.63, 3.8) is 0 Å². The second kappa shape index (κ2) is 6.46. The summed E-state index contributed by atoms with van der Waals surface area (Å²) in [5.41, 5.74) is 7.12. The first-order valence-electron chi connectivity index (χ1n) is 5.57. The fraction of sp³-hybridized carbons (Fsp3) is 0.0714. The normalized spacial score (nSPS) is 10.4. The fourth-order valence-electron chi connectivity index (χ4n) is 1.52. The Bertz CT molecular complexity index is 599. The lowest BCUT2D eigenvalue weighted by molar-refractivity contribution is 1.36. The highest BCUT2D eigenvalue weighted by Crippen LogP contribution is 2.28.